The first kappa shape index (κ1) is 96.1. The number of esters is 4. The first-order valence-corrected chi connectivity index (χ1v) is 43.9. The van der Waals surface area contributed by atoms with Crippen LogP contribution >= 0.6 is 15.6 Å². The molecule has 0 rings (SSSR count). The average Bonchev–Trinajstić information content (AvgIpc) is 1.20. The molecule has 0 bridgehead atoms. The molecule has 0 spiro atoms. The zero-order valence-electron chi connectivity index (χ0n) is 64.3. The Morgan fingerprint density at radius 1 is 0.296 bits per heavy atom. The second-order valence-corrected chi connectivity index (χ2v) is 32.6. The highest BCUT2D eigenvalue weighted by Gasteiger charge is 2.30. The van der Waals surface area contributed by atoms with Gasteiger partial charge in [-0.15, -0.1) is 0 Å². The SMILES string of the molecule is CCCCCCCCCCCCCCCCCCCCCCCCC(=O)O[C@H](COC(=O)CCCCCCCCCCCCCCCC(C)C)COP(=O)(O)OC[C@@H](O)COP(=O)(O)OC[C@@H](COC(=O)CCCCCCCCC(C)CC)OC(=O)CCCCCCCCCC(C)C. The molecular formula is C79H154O17P2. The van der Waals surface area contributed by atoms with E-state index in [0.717, 1.165) is 108 Å². The maximum absolute atomic E-state index is 13.1. The van der Waals surface area contributed by atoms with Crippen molar-refractivity contribution in [1.82, 2.24) is 0 Å². The van der Waals surface area contributed by atoms with Crippen LogP contribution in [0.2, 0.25) is 0 Å². The molecule has 0 aromatic rings. The highest BCUT2D eigenvalue weighted by Crippen LogP contribution is 2.45. The van der Waals surface area contributed by atoms with Crippen molar-refractivity contribution in [3.63, 3.8) is 0 Å². The topological polar surface area (TPSA) is 237 Å². The summed E-state index contributed by atoms with van der Waals surface area (Å²) in [5.74, 6) is 0.0978. The van der Waals surface area contributed by atoms with Gasteiger partial charge in [-0.05, 0) is 43.4 Å². The zero-order chi connectivity index (χ0) is 72.3. The molecule has 0 aromatic carbocycles. The summed E-state index contributed by atoms with van der Waals surface area (Å²) in [5, 5.41) is 10.6. The van der Waals surface area contributed by atoms with Crippen molar-refractivity contribution < 1.29 is 80.2 Å². The van der Waals surface area contributed by atoms with E-state index in [1.165, 1.54) is 212 Å². The van der Waals surface area contributed by atoms with Gasteiger partial charge in [-0.1, -0.05) is 357 Å². The van der Waals surface area contributed by atoms with Gasteiger partial charge in [0.05, 0.1) is 26.4 Å². The molecule has 0 saturated carbocycles. The van der Waals surface area contributed by atoms with Gasteiger partial charge in [0, 0.05) is 25.7 Å². The molecule has 0 heterocycles. The van der Waals surface area contributed by atoms with Crippen LogP contribution in [0.1, 0.15) is 408 Å². The van der Waals surface area contributed by atoms with Crippen molar-refractivity contribution >= 4 is 39.5 Å². The molecular weight excluding hydrogens is 1280 g/mol. The predicted octanol–water partition coefficient (Wildman–Crippen LogP) is 23.4. The number of aliphatic hydroxyl groups excluding tert-OH is 1. The number of hydrogen-bond donors (Lipinski definition) is 3. The fourth-order valence-electron chi connectivity index (χ4n) is 12.1. The Bertz CT molecular complexity index is 1910. The summed E-state index contributed by atoms with van der Waals surface area (Å²) >= 11 is 0. The van der Waals surface area contributed by atoms with Crippen LogP contribution in [-0.2, 0) is 65.4 Å². The summed E-state index contributed by atoms with van der Waals surface area (Å²) in [6, 6.07) is 0. The van der Waals surface area contributed by atoms with Gasteiger partial charge in [0.15, 0.2) is 12.2 Å². The lowest BCUT2D eigenvalue weighted by atomic mass is 10.00. The van der Waals surface area contributed by atoms with Crippen LogP contribution in [0.5, 0.6) is 0 Å². The fourth-order valence-corrected chi connectivity index (χ4v) is 13.7. The highest BCUT2D eigenvalue weighted by molar-refractivity contribution is 7.47. The minimum absolute atomic E-state index is 0.103. The monoisotopic (exact) mass is 1440 g/mol. The Morgan fingerprint density at radius 3 is 0.776 bits per heavy atom. The van der Waals surface area contributed by atoms with Gasteiger partial charge in [0.25, 0.3) is 0 Å². The van der Waals surface area contributed by atoms with E-state index in [1.807, 2.05) is 0 Å². The average molecular weight is 1440 g/mol. The van der Waals surface area contributed by atoms with E-state index in [-0.39, 0.29) is 25.7 Å². The minimum Gasteiger partial charge on any atom is -0.462 e. The van der Waals surface area contributed by atoms with Crippen LogP contribution in [0.3, 0.4) is 0 Å². The Kier molecular flexibility index (Phi) is 68.1. The Morgan fingerprint density at radius 2 is 0.520 bits per heavy atom. The van der Waals surface area contributed by atoms with Crippen molar-refractivity contribution in [2.24, 2.45) is 17.8 Å². The molecule has 0 aliphatic heterocycles. The summed E-state index contributed by atoms with van der Waals surface area (Å²) in [5.41, 5.74) is 0. The standard InChI is InChI=1S/C79H154O17P2/c1-8-10-11-12-13-14-15-16-17-18-19-20-21-22-23-24-27-31-34-39-48-55-62-78(83)95-74(66-89-76(81)60-53-46-38-33-30-28-25-26-29-32-36-43-50-57-70(3)4)68-93-97(85,86)91-64-73(80)65-92-98(87,88)94-69-75(96-79(84)63-56-49-40-35-37-44-51-58-71(5)6)67-90-77(82)61-54-47-42-41-45-52-59-72(7)9-2/h70-75,80H,8-69H2,1-7H3,(H,85,86)(H,87,88)/t72?,73-,74-,75-/m1/s1. The first-order valence-electron chi connectivity index (χ1n) is 40.9. The van der Waals surface area contributed by atoms with Crippen LogP contribution in [0.15, 0.2) is 0 Å². The van der Waals surface area contributed by atoms with Gasteiger partial charge in [-0.25, -0.2) is 9.13 Å². The molecule has 0 aliphatic rings. The van der Waals surface area contributed by atoms with Gasteiger partial charge < -0.3 is 33.8 Å². The van der Waals surface area contributed by atoms with E-state index < -0.39 is 97.5 Å². The third kappa shape index (κ3) is 71.1. The summed E-state index contributed by atoms with van der Waals surface area (Å²) in [7, 11) is -9.91. The molecule has 19 heteroatoms. The predicted molar refractivity (Wildman–Crippen MR) is 400 cm³/mol. The summed E-state index contributed by atoms with van der Waals surface area (Å²) in [6.45, 7) is 11.8. The van der Waals surface area contributed by atoms with Crippen molar-refractivity contribution in [3.05, 3.63) is 0 Å². The molecule has 0 aliphatic carbocycles. The number of phosphoric acid groups is 2. The van der Waals surface area contributed by atoms with Crippen molar-refractivity contribution in [2.45, 2.75) is 426 Å². The molecule has 0 radical (unpaired) electrons. The minimum atomic E-state index is -4.96. The first-order chi connectivity index (χ1) is 47.3. The van der Waals surface area contributed by atoms with Crippen LogP contribution in [0.25, 0.3) is 0 Å². The summed E-state index contributed by atoms with van der Waals surface area (Å²) in [6.07, 6.45) is 57.3. The molecule has 3 unspecified atom stereocenters. The van der Waals surface area contributed by atoms with Crippen LogP contribution < -0.4 is 0 Å². The maximum Gasteiger partial charge on any atom is 0.472 e. The number of phosphoric ester groups is 2. The van der Waals surface area contributed by atoms with E-state index in [9.17, 15) is 43.2 Å². The van der Waals surface area contributed by atoms with Crippen molar-refractivity contribution in [2.75, 3.05) is 39.6 Å². The fraction of sp³-hybridized carbons (Fsp3) is 0.949. The number of rotatable bonds is 77. The smallest absolute Gasteiger partial charge is 0.462 e. The number of aliphatic hydroxyl groups is 1. The lowest BCUT2D eigenvalue weighted by Gasteiger charge is -2.21. The number of unbranched alkanes of at least 4 members (excludes halogenated alkanes) is 44. The van der Waals surface area contributed by atoms with E-state index in [1.54, 1.807) is 0 Å². The number of carbonyl (C=O) groups is 4. The molecule has 0 amide bonds. The largest absolute Gasteiger partial charge is 0.472 e. The Balaban J connectivity index is 5.19. The van der Waals surface area contributed by atoms with E-state index >= 15 is 0 Å². The lowest BCUT2D eigenvalue weighted by Crippen LogP contribution is -2.30. The van der Waals surface area contributed by atoms with Gasteiger partial charge >= 0.3 is 39.5 Å². The molecule has 582 valence electrons. The van der Waals surface area contributed by atoms with Crippen LogP contribution in [-0.4, -0.2) is 96.7 Å². The number of ether oxygens (including phenoxy) is 4. The number of carbonyl (C=O) groups excluding carboxylic acids is 4. The van der Waals surface area contributed by atoms with E-state index in [4.69, 9.17) is 37.0 Å². The summed E-state index contributed by atoms with van der Waals surface area (Å²) < 4.78 is 68.6. The van der Waals surface area contributed by atoms with Gasteiger partial charge in [0.1, 0.15) is 19.3 Å². The van der Waals surface area contributed by atoms with E-state index in [2.05, 4.69) is 48.5 Å². The molecule has 0 fully saturated rings. The third-order valence-corrected chi connectivity index (χ3v) is 20.6. The molecule has 0 aromatic heterocycles. The molecule has 6 atom stereocenters. The van der Waals surface area contributed by atoms with Gasteiger partial charge in [0.2, 0.25) is 0 Å². The van der Waals surface area contributed by atoms with Crippen LogP contribution in [0, 0.1) is 17.8 Å². The Labute approximate surface area is 600 Å². The van der Waals surface area contributed by atoms with Crippen LogP contribution in [0.4, 0.5) is 0 Å². The molecule has 17 nitrogen and oxygen atoms in total. The second kappa shape index (κ2) is 69.4. The molecule has 98 heavy (non-hydrogen) atoms. The highest BCUT2D eigenvalue weighted by atomic mass is 31.2. The molecule has 3 N–H and O–H groups in total. The normalized spacial score (nSPS) is 14.3. The second-order valence-electron chi connectivity index (χ2n) is 29.6. The zero-order valence-corrected chi connectivity index (χ0v) is 66.0. The van der Waals surface area contributed by atoms with Crippen molar-refractivity contribution in [1.29, 1.82) is 0 Å². The third-order valence-electron chi connectivity index (χ3n) is 18.7. The molecule has 0 saturated heterocycles. The van der Waals surface area contributed by atoms with Gasteiger partial charge in [-0.2, -0.15) is 0 Å². The lowest BCUT2D eigenvalue weighted by molar-refractivity contribution is -0.161. The Hall–Kier alpha value is -1.94. The van der Waals surface area contributed by atoms with Gasteiger partial charge in [-0.3, -0.25) is 37.3 Å². The summed E-state index contributed by atoms with van der Waals surface area (Å²) in [4.78, 5) is 72.8. The van der Waals surface area contributed by atoms with Crippen molar-refractivity contribution in [3.8, 4) is 0 Å². The van der Waals surface area contributed by atoms with E-state index in [0.29, 0.717) is 31.6 Å². The maximum atomic E-state index is 13.1. The quantitative estimate of drug-likeness (QED) is 0.0222. The number of hydrogen-bond acceptors (Lipinski definition) is 15.